The number of methoxy groups -OCH3 is 1. The smallest absolute Gasteiger partial charge is 0.283 e. The van der Waals surface area contributed by atoms with E-state index in [0.717, 1.165) is 9.56 Å². The minimum atomic E-state index is -0.667. The lowest BCUT2D eigenvalue weighted by Gasteiger charge is -2.10. The maximum absolute atomic E-state index is 15.4. The van der Waals surface area contributed by atoms with Gasteiger partial charge in [-0.3, -0.25) is 9.78 Å². The van der Waals surface area contributed by atoms with E-state index in [1.165, 1.54) is 24.6 Å². The first kappa shape index (κ1) is 20.1. The van der Waals surface area contributed by atoms with Crippen LogP contribution >= 0.6 is 22.9 Å². The molecule has 3 aromatic heterocycles. The Labute approximate surface area is 180 Å². The van der Waals surface area contributed by atoms with Gasteiger partial charge in [-0.1, -0.05) is 29.8 Å². The van der Waals surface area contributed by atoms with Gasteiger partial charge in [-0.15, -0.1) is 11.3 Å². The molecule has 4 aromatic rings. The minimum absolute atomic E-state index is 0.0226. The van der Waals surface area contributed by atoms with Crippen molar-refractivity contribution in [1.82, 2.24) is 14.8 Å². The van der Waals surface area contributed by atoms with Gasteiger partial charge in [0, 0.05) is 11.1 Å². The van der Waals surface area contributed by atoms with Gasteiger partial charge in [0.15, 0.2) is 11.6 Å². The van der Waals surface area contributed by atoms with E-state index in [2.05, 4.69) is 15.4 Å². The van der Waals surface area contributed by atoms with Gasteiger partial charge in [0.2, 0.25) is 0 Å². The average Bonchev–Trinajstić information content (AvgIpc) is 3.35. The molecule has 3 heterocycles. The zero-order chi connectivity index (χ0) is 21.1. The highest BCUT2D eigenvalue weighted by Crippen LogP contribution is 2.29. The van der Waals surface area contributed by atoms with Crippen molar-refractivity contribution in [2.24, 2.45) is 0 Å². The van der Waals surface area contributed by atoms with Crippen LogP contribution < -0.4 is 10.1 Å². The van der Waals surface area contributed by atoms with Gasteiger partial charge in [0.25, 0.3) is 5.91 Å². The zero-order valence-corrected chi connectivity index (χ0v) is 17.4. The second-order valence-corrected chi connectivity index (χ2v) is 8.00. The topological polar surface area (TPSA) is 69.0 Å². The molecule has 4 rings (SSSR count). The van der Waals surface area contributed by atoms with E-state index in [1.54, 1.807) is 48.5 Å². The third-order valence-electron chi connectivity index (χ3n) is 4.32. The summed E-state index contributed by atoms with van der Waals surface area (Å²) in [6.07, 6.45) is 1.54. The lowest BCUT2D eigenvalue weighted by atomic mass is 10.2. The molecule has 1 N–H and O–H groups in total. The first-order valence-corrected chi connectivity index (χ1v) is 10.1. The molecule has 0 fully saturated rings. The number of nitrogens with one attached hydrogen (secondary N) is 1. The standard InChI is InChI=1S/C21H16ClFN4O2S/c1-29-16-8-3-2-6-14(16)21(28)27-20(25-12-13-9-10-17(22)30-13)18(23)19(26-27)15-7-4-5-11-24-15/h2-11,25H,12H2,1H3. The molecule has 0 saturated heterocycles. The van der Waals surface area contributed by atoms with Crippen LogP contribution in [0.15, 0.2) is 60.8 Å². The number of nitrogens with zero attached hydrogens (tertiary/aromatic N) is 3. The molecule has 0 amide bonds. The predicted octanol–water partition coefficient (Wildman–Crippen LogP) is 5.11. The van der Waals surface area contributed by atoms with Crippen molar-refractivity contribution in [3.8, 4) is 17.1 Å². The monoisotopic (exact) mass is 442 g/mol. The van der Waals surface area contributed by atoms with Crippen molar-refractivity contribution in [3.63, 3.8) is 0 Å². The summed E-state index contributed by atoms with van der Waals surface area (Å²) in [5, 5.41) is 7.22. The fourth-order valence-corrected chi connectivity index (χ4v) is 3.95. The number of carbonyl (C=O) groups is 1. The molecule has 0 bridgehead atoms. The maximum atomic E-state index is 15.4. The number of benzene rings is 1. The van der Waals surface area contributed by atoms with E-state index >= 15 is 4.39 Å². The first-order valence-electron chi connectivity index (χ1n) is 8.94. The number of hydrogen-bond acceptors (Lipinski definition) is 6. The van der Waals surface area contributed by atoms with Crippen molar-refractivity contribution < 1.29 is 13.9 Å². The highest BCUT2D eigenvalue weighted by Gasteiger charge is 2.26. The van der Waals surface area contributed by atoms with E-state index in [9.17, 15) is 4.79 Å². The fourth-order valence-electron chi connectivity index (χ4n) is 2.92. The highest BCUT2D eigenvalue weighted by molar-refractivity contribution is 7.16. The van der Waals surface area contributed by atoms with Crippen molar-refractivity contribution in [3.05, 3.63) is 81.4 Å². The normalized spacial score (nSPS) is 10.8. The van der Waals surface area contributed by atoms with Crippen LogP contribution in [0.3, 0.4) is 0 Å². The maximum Gasteiger partial charge on any atom is 0.283 e. The van der Waals surface area contributed by atoms with Crippen LogP contribution in [0.1, 0.15) is 15.2 Å². The Balaban J connectivity index is 1.78. The molecule has 6 nitrogen and oxygen atoms in total. The minimum Gasteiger partial charge on any atom is -0.496 e. The summed E-state index contributed by atoms with van der Waals surface area (Å²) in [6.45, 7) is 0.279. The summed E-state index contributed by atoms with van der Waals surface area (Å²) < 4.78 is 22.3. The number of para-hydroxylation sites is 1. The fraction of sp³-hybridized carbons (Fsp3) is 0.0952. The molecule has 0 aliphatic carbocycles. The summed E-state index contributed by atoms with van der Waals surface area (Å²) in [6, 6.07) is 15.4. The molecule has 0 spiro atoms. The van der Waals surface area contributed by atoms with E-state index in [0.29, 0.717) is 15.8 Å². The van der Waals surface area contributed by atoms with Gasteiger partial charge in [-0.2, -0.15) is 9.78 Å². The Morgan fingerprint density at radius 2 is 2.00 bits per heavy atom. The van der Waals surface area contributed by atoms with Gasteiger partial charge in [0.1, 0.15) is 11.4 Å². The van der Waals surface area contributed by atoms with Crippen molar-refractivity contribution >= 4 is 34.7 Å². The SMILES string of the molecule is COc1ccccc1C(=O)n1nc(-c2ccccn2)c(F)c1NCc1ccc(Cl)s1. The van der Waals surface area contributed by atoms with E-state index in [-0.39, 0.29) is 23.6 Å². The third-order valence-corrected chi connectivity index (χ3v) is 5.55. The quantitative estimate of drug-likeness (QED) is 0.449. The van der Waals surface area contributed by atoms with E-state index in [1.807, 2.05) is 6.07 Å². The molecule has 0 radical (unpaired) electrons. The number of anilines is 1. The van der Waals surface area contributed by atoms with Crippen LogP contribution in [-0.2, 0) is 6.54 Å². The third kappa shape index (κ3) is 3.92. The molecule has 9 heteroatoms. The van der Waals surface area contributed by atoms with Crippen LogP contribution in [0.4, 0.5) is 10.2 Å². The van der Waals surface area contributed by atoms with E-state index in [4.69, 9.17) is 16.3 Å². The highest BCUT2D eigenvalue weighted by atomic mass is 35.5. The second-order valence-electron chi connectivity index (χ2n) is 6.20. The molecule has 30 heavy (non-hydrogen) atoms. The lowest BCUT2D eigenvalue weighted by Crippen LogP contribution is -2.18. The summed E-state index contributed by atoms with van der Waals surface area (Å²) >= 11 is 7.34. The van der Waals surface area contributed by atoms with Crippen LogP contribution in [0.25, 0.3) is 11.4 Å². The van der Waals surface area contributed by atoms with Gasteiger partial charge in [0.05, 0.1) is 29.2 Å². The molecule has 0 aliphatic rings. The van der Waals surface area contributed by atoms with Crippen LogP contribution in [0.2, 0.25) is 4.34 Å². The van der Waals surface area contributed by atoms with Gasteiger partial charge >= 0.3 is 0 Å². The number of rotatable bonds is 6. The number of thiophene rings is 1. The molecule has 152 valence electrons. The Morgan fingerprint density at radius 1 is 1.20 bits per heavy atom. The van der Waals surface area contributed by atoms with Crippen LogP contribution in [0.5, 0.6) is 5.75 Å². The molecule has 1 aromatic carbocycles. The molecule has 0 saturated carbocycles. The van der Waals surface area contributed by atoms with E-state index < -0.39 is 11.7 Å². The van der Waals surface area contributed by atoms with Crippen molar-refractivity contribution in [2.75, 3.05) is 12.4 Å². The number of pyridine rings is 1. The van der Waals surface area contributed by atoms with Crippen molar-refractivity contribution in [2.45, 2.75) is 6.54 Å². The molecular formula is C21H16ClFN4O2S. The summed E-state index contributed by atoms with van der Waals surface area (Å²) in [5.41, 5.74) is 0.562. The summed E-state index contributed by atoms with van der Waals surface area (Å²) in [5.74, 6) is -0.885. The Bertz CT molecular complexity index is 1190. The first-order chi connectivity index (χ1) is 14.6. The van der Waals surface area contributed by atoms with Gasteiger partial charge in [-0.05, 0) is 36.4 Å². The Kier molecular flexibility index (Phi) is 5.78. The van der Waals surface area contributed by atoms with Crippen LogP contribution in [-0.4, -0.2) is 27.8 Å². The number of ether oxygens (including phenoxy) is 1. The number of aromatic nitrogens is 3. The Morgan fingerprint density at radius 3 is 2.70 bits per heavy atom. The molecule has 0 atom stereocenters. The van der Waals surface area contributed by atoms with Crippen molar-refractivity contribution in [1.29, 1.82) is 0 Å². The molecule has 0 aliphatic heterocycles. The summed E-state index contributed by atoms with van der Waals surface area (Å²) in [7, 11) is 1.47. The predicted molar refractivity (Wildman–Crippen MR) is 115 cm³/mol. The largest absolute Gasteiger partial charge is 0.496 e. The summed E-state index contributed by atoms with van der Waals surface area (Å²) in [4.78, 5) is 18.3. The van der Waals surface area contributed by atoms with Crippen LogP contribution in [0, 0.1) is 5.82 Å². The molecular weight excluding hydrogens is 427 g/mol. The van der Waals surface area contributed by atoms with Gasteiger partial charge in [-0.25, -0.2) is 4.39 Å². The number of carbonyl (C=O) groups excluding carboxylic acids is 1. The Hall–Kier alpha value is -3.23. The lowest BCUT2D eigenvalue weighted by molar-refractivity contribution is 0.0944. The second kappa shape index (κ2) is 8.64. The average molecular weight is 443 g/mol. The zero-order valence-electron chi connectivity index (χ0n) is 15.8. The number of hydrogen-bond donors (Lipinski definition) is 1. The molecule has 0 unspecified atom stereocenters. The van der Waals surface area contributed by atoms with Gasteiger partial charge < -0.3 is 10.1 Å². The number of halogens is 2.